The van der Waals surface area contributed by atoms with Crippen LogP contribution in [-0.2, 0) is 4.79 Å². The molecule has 2 rings (SSSR count). The fourth-order valence-electron chi connectivity index (χ4n) is 2.57. The van der Waals surface area contributed by atoms with Gasteiger partial charge in [0.05, 0.1) is 12.6 Å². The molecule has 10 heteroatoms. The molecule has 0 heterocycles. The molecule has 2 aromatic rings. The van der Waals surface area contributed by atoms with Gasteiger partial charge in [-0.2, -0.15) is 0 Å². The van der Waals surface area contributed by atoms with Crippen molar-refractivity contribution in [3.8, 4) is 11.5 Å². The van der Waals surface area contributed by atoms with Crippen LogP contribution in [-0.4, -0.2) is 80.2 Å². The van der Waals surface area contributed by atoms with E-state index in [0.29, 0.717) is 28.5 Å². The van der Waals surface area contributed by atoms with Crippen LogP contribution in [0, 0.1) is 0 Å². The SMILES string of the molecule is CN(C)C(=O)Oc1ccccc1C(CCOc1cccc(Cl)c1)N(C)C(=O)O.CN(C)C=O. The lowest BCUT2D eigenvalue weighted by molar-refractivity contribution is -0.115. The van der Waals surface area contributed by atoms with Crippen LogP contribution in [0.3, 0.4) is 0 Å². The molecule has 9 nitrogen and oxygen atoms in total. The van der Waals surface area contributed by atoms with Crippen LogP contribution in [0.25, 0.3) is 0 Å². The summed E-state index contributed by atoms with van der Waals surface area (Å²) in [6.07, 6.45) is -0.535. The summed E-state index contributed by atoms with van der Waals surface area (Å²) in [6.45, 7) is 0.249. The second kappa shape index (κ2) is 13.8. The zero-order valence-corrected chi connectivity index (χ0v) is 20.2. The molecule has 0 fully saturated rings. The van der Waals surface area contributed by atoms with Gasteiger partial charge in [0.1, 0.15) is 11.5 Å². The summed E-state index contributed by atoms with van der Waals surface area (Å²) >= 11 is 5.95. The van der Waals surface area contributed by atoms with Gasteiger partial charge in [0.15, 0.2) is 0 Å². The summed E-state index contributed by atoms with van der Waals surface area (Å²) in [4.78, 5) is 36.9. The summed E-state index contributed by atoms with van der Waals surface area (Å²) in [5.74, 6) is 0.901. The second-order valence-electron chi connectivity index (χ2n) is 7.37. The number of nitrogens with zero attached hydrogens (tertiary/aromatic N) is 3. The van der Waals surface area contributed by atoms with Gasteiger partial charge < -0.3 is 29.3 Å². The van der Waals surface area contributed by atoms with E-state index in [0.717, 1.165) is 6.41 Å². The molecule has 0 saturated heterocycles. The molecule has 0 bridgehead atoms. The van der Waals surface area contributed by atoms with E-state index in [2.05, 4.69) is 0 Å². The van der Waals surface area contributed by atoms with Crippen molar-refractivity contribution in [3.63, 3.8) is 0 Å². The molecular weight excluding hydrogens is 450 g/mol. The van der Waals surface area contributed by atoms with Crippen molar-refractivity contribution < 1.29 is 29.0 Å². The average Bonchev–Trinajstić information content (AvgIpc) is 2.77. The largest absolute Gasteiger partial charge is 0.493 e. The zero-order chi connectivity index (χ0) is 25.0. The normalized spacial score (nSPS) is 10.7. The molecule has 2 aromatic carbocycles. The van der Waals surface area contributed by atoms with E-state index >= 15 is 0 Å². The Kier molecular flexibility index (Phi) is 11.6. The van der Waals surface area contributed by atoms with E-state index < -0.39 is 18.2 Å². The van der Waals surface area contributed by atoms with Crippen LogP contribution < -0.4 is 9.47 Å². The average molecular weight is 480 g/mol. The minimum Gasteiger partial charge on any atom is -0.493 e. The van der Waals surface area contributed by atoms with Gasteiger partial charge in [-0.15, -0.1) is 0 Å². The quantitative estimate of drug-likeness (QED) is 0.569. The smallest absolute Gasteiger partial charge is 0.414 e. The van der Waals surface area contributed by atoms with Crippen molar-refractivity contribution in [2.45, 2.75) is 12.5 Å². The minimum atomic E-state index is -1.10. The molecule has 0 saturated carbocycles. The molecule has 0 spiro atoms. The van der Waals surface area contributed by atoms with Crippen LogP contribution in [0.15, 0.2) is 48.5 Å². The summed E-state index contributed by atoms with van der Waals surface area (Å²) in [5.41, 5.74) is 0.581. The third kappa shape index (κ3) is 9.69. The van der Waals surface area contributed by atoms with E-state index in [9.17, 15) is 19.5 Å². The Morgan fingerprint density at radius 1 is 1.06 bits per heavy atom. The monoisotopic (exact) mass is 479 g/mol. The van der Waals surface area contributed by atoms with Gasteiger partial charge >= 0.3 is 12.2 Å². The first-order valence-electron chi connectivity index (χ1n) is 10.0. The molecule has 0 aliphatic carbocycles. The van der Waals surface area contributed by atoms with Crippen LogP contribution in [0.1, 0.15) is 18.0 Å². The van der Waals surface area contributed by atoms with Crippen molar-refractivity contribution in [2.24, 2.45) is 0 Å². The van der Waals surface area contributed by atoms with Gasteiger partial charge in [0, 0.05) is 52.2 Å². The van der Waals surface area contributed by atoms with Crippen molar-refractivity contribution in [1.29, 1.82) is 0 Å². The Morgan fingerprint density at radius 3 is 2.24 bits per heavy atom. The predicted molar refractivity (Wildman–Crippen MR) is 126 cm³/mol. The Hall–Kier alpha value is -3.46. The van der Waals surface area contributed by atoms with Crippen molar-refractivity contribution in [1.82, 2.24) is 14.7 Å². The fraction of sp³-hybridized carbons (Fsp3) is 0.348. The van der Waals surface area contributed by atoms with E-state index in [4.69, 9.17) is 21.1 Å². The van der Waals surface area contributed by atoms with Crippen molar-refractivity contribution >= 4 is 30.2 Å². The van der Waals surface area contributed by atoms with Gasteiger partial charge in [-0.3, -0.25) is 4.79 Å². The number of ether oxygens (including phenoxy) is 2. The maximum atomic E-state index is 12.0. The summed E-state index contributed by atoms with van der Waals surface area (Å²) in [6, 6.07) is 13.3. The molecule has 1 N–H and O–H groups in total. The number of rotatable bonds is 8. The maximum absolute atomic E-state index is 12.0. The molecule has 0 aromatic heterocycles. The van der Waals surface area contributed by atoms with Crippen LogP contribution in [0.2, 0.25) is 5.02 Å². The van der Waals surface area contributed by atoms with Gasteiger partial charge in [-0.05, 0) is 24.3 Å². The molecule has 0 aliphatic rings. The Morgan fingerprint density at radius 2 is 1.70 bits per heavy atom. The number of hydrogen-bond donors (Lipinski definition) is 1. The minimum absolute atomic E-state index is 0.249. The molecule has 3 amide bonds. The van der Waals surface area contributed by atoms with Crippen molar-refractivity contribution in [3.05, 3.63) is 59.1 Å². The molecule has 0 radical (unpaired) electrons. The van der Waals surface area contributed by atoms with Crippen LogP contribution in [0.4, 0.5) is 9.59 Å². The van der Waals surface area contributed by atoms with Crippen LogP contribution >= 0.6 is 11.6 Å². The first-order valence-corrected chi connectivity index (χ1v) is 10.4. The Labute approximate surface area is 199 Å². The summed E-state index contributed by atoms with van der Waals surface area (Å²) < 4.78 is 11.1. The fourth-order valence-corrected chi connectivity index (χ4v) is 2.75. The molecule has 33 heavy (non-hydrogen) atoms. The number of amides is 3. The first-order chi connectivity index (χ1) is 15.6. The van der Waals surface area contributed by atoms with Gasteiger partial charge in [0.2, 0.25) is 6.41 Å². The van der Waals surface area contributed by atoms with E-state index in [1.165, 1.54) is 21.7 Å². The molecule has 0 aliphatic heterocycles. The molecule has 180 valence electrons. The third-order valence-electron chi connectivity index (χ3n) is 4.28. The Bertz CT molecular complexity index is 923. The lowest BCUT2D eigenvalue weighted by atomic mass is 10.0. The number of carbonyl (C=O) groups excluding carboxylic acids is 2. The lowest BCUT2D eigenvalue weighted by Crippen LogP contribution is -2.32. The number of carbonyl (C=O) groups is 3. The molecular formula is C23H30ClN3O6. The van der Waals surface area contributed by atoms with E-state index in [1.807, 2.05) is 0 Å². The number of benzene rings is 2. The molecule has 1 atom stereocenters. The topological polar surface area (TPSA) is 99.6 Å². The summed E-state index contributed by atoms with van der Waals surface area (Å²) in [7, 11) is 7.99. The first kappa shape index (κ1) is 27.6. The number of para-hydroxylation sites is 1. The van der Waals surface area contributed by atoms with Crippen molar-refractivity contribution in [2.75, 3.05) is 41.8 Å². The van der Waals surface area contributed by atoms with Gasteiger partial charge in [-0.1, -0.05) is 35.9 Å². The highest BCUT2D eigenvalue weighted by molar-refractivity contribution is 6.30. The highest BCUT2D eigenvalue weighted by atomic mass is 35.5. The standard InChI is InChI=1S/C20H23ClN2O5.C3H7NO/c1-22(2)20(26)28-18-10-5-4-9-16(18)17(23(3)19(24)25)11-12-27-15-8-6-7-14(21)13-15;1-4(2)3-5/h4-10,13,17H,11-12H2,1-3H3,(H,24,25);3H,1-2H3. The third-order valence-corrected chi connectivity index (χ3v) is 4.51. The highest BCUT2D eigenvalue weighted by Crippen LogP contribution is 2.32. The van der Waals surface area contributed by atoms with Crippen LogP contribution in [0.5, 0.6) is 11.5 Å². The highest BCUT2D eigenvalue weighted by Gasteiger charge is 2.25. The molecule has 1 unspecified atom stereocenters. The summed E-state index contributed by atoms with van der Waals surface area (Å²) in [5, 5.41) is 10.0. The zero-order valence-electron chi connectivity index (χ0n) is 19.4. The van der Waals surface area contributed by atoms with Gasteiger partial charge in [-0.25, -0.2) is 9.59 Å². The van der Waals surface area contributed by atoms with Gasteiger partial charge in [0.25, 0.3) is 0 Å². The number of carboxylic acid groups (broad SMARTS) is 1. The lowest BCUT2D eigenvalue weighted by Gasteiger charge is -2.27. The predicted octanol–water partition coefficient (Wildman–Crippen LogP) is 4.22. The van der Waals surface area contributed by atoms with E-state index in [1.54, 1.807) is 76.7 Å². The number of halogens is 1. The number of hydrogen-bond acceptors (Lipinski definition) is 5. The second-order valence-corrected chi connectivity index (χ2v) is 7.81. The Balaban J connectivity index is 0.000000981. The maximum Gasteiger partial charge on any atom is 0.414 e. The van der Waals surface area contributed by atoms with E-state index in [-0.39, 0.29) is 6.61 Å².